The number of para-hydroxylation sites is 1. The Morgan fingerprint density at radius 1 is 0.596 bits per heavy atom. The summed E-state index contributed by atoms with van der Waals surface area (Å²) >= 11 is 1.65. The zero-order chi connectivity index (χ0) is 32.9. The lowest BCUT2D eigenvalue weighted by atomic mass is 9.79. The van der Waals surface area contributed by atoms with Gasteiger partial charge in [-0.15, -0.1) is 0 Å². The molecule has 0 saturated heterocycles. The summed E-state index contributed by atoms with van der Waals surface area (Å²) in [5.41, 5.74) is 8.02. The Morgan fingerprint density at radius 3 is 1.98 bits per heavy atom. The van der Waals surface area contributed by atoms with E-state index < -0.39 is 0 Å². The number of nitrogens with zero attached hydrogens (tertiary/aromatic N) is 3. The fraction of sp³-hybridized carbons (Fsp3) is 0.190. The predicted octanol–water partition coefficient (Wildman–Crippen LogP) is 11.4. The molecule has 4 nitrogen and oxygen atoms in total. The molecular weight excluding hydrogens is 595 g/mol. The Bertz CT molecular complexity index is 2240. The highest BCUT2D eigenvalue weighted by Gasteiger charge is 2.27. The van der Waals surface area contributed by atoms with Crippen LogP contribution < -0.4 is 0 Å². The zero-order valence-electron chi connectivity index (χ0n) is 27.7. The van der Waals surface area contributed by atoms with Crippen LogP contribution in [0.5, 0.6) is 5.75 Å². The number of fused-ring (bicyclic) bond motifs is 3. The van der Waals surface area contributed by atoms with Gasteiger partial charge in [0, 0.05) is 21.2 Å². The number of hydrogen-bond acceptors (Lipinski definition) is 4. The fourth-order valence-electron chi connectivity index (χ4n) is 6.12. The van der Waals surface area contributed by atoms with Crippen molar-refractivity contribution in [2.75, 3.05) is 0 Å². The van der Waals surface area contributed by atoms with Gasteiger partial charge in [-0.2, -0.15) is 0 Å². The van der Waals surface area contributed by atoms with Crippen molar-refractivity contribution in [1.29, 1.82) is 0 Å². The van der Waals surface area contributed by atoms with E-state index in [9.17, 15) is 5.11 Å². The Labute approximate surface area is 281 Å². The molecule has 7 rings (SSSR count). The summed E-state index contributed by atoms with van der Waals surface area (Å²) in [6, 6.07) is 41.9. The quantitative estimate of drug-likeness (QED) is 0.205. The zero-order valence-corrected chi connectivity index (χ0v) is 28.6. The van der Waals surface area contributed by atoms with E-state index >= 15 is 0 Å². The van der Waals surface area contributed by atoms with Gasteiger partial charge in [-0.1, -0.05) is 126 Å². The van der Waals surface area contributed by atoms with Gasteiger partial charge in [-0.3, -0.25) is 4.57 Å². The first-order chi connectivity index (χ1) is 22.5. The largest absolute Gasteiger partial charge is 0.505 e. The van der Waals surface area contributed by atoms with Crippen LogP contribution in [0.25, 0.3) is 50.1 Å². The minimum atomic E-state index is -0.258. The van der Waals surface area contributed by atoms with Gasteiger partial charge in [0.15, 0.2) is 0 Å². The van der Waals surface area contributed by atoms with Crippen LogP contribution >= 0.6 is 11.8 Å². The molecule has 0 saturated carbocycles. The molecule has 47 heavy (non-hydrogen) atoms. The predicted molar refractivity (Wildman–Crippen MR) is 197 cm³/mol. The summed E-state index contributed by atoms with van der Waals surface area (Å²) < 4.78 is 2.13. The first-order valence-corrected chi connectivity index (χ1v) is 16.9. The third kappa shape index (κ3) is 5.92. The van der Waals surface area contributed by atoms with Crippen LogP contribution in [-0.2, 0) is 10.8 Å². The fourth-order valence-corrected chi connectivity index (χ4v) is 6.98. The Kier molecular flexibility index (Phi) is 7.68. The third-order valence-corrected chi connectivity index (χ3v) is 9.59. The monoisotopic (exact) mass is 633 g/mol. The van der Waals surface area contributed by atoms with Crippen molar-refractivity contribution in [2.24, 2.45) is 0 Å². The van der Waals surface area contributed by atoms with Crippen LogP contribution in [0, 0.1) is 0 Å². The molecule has 0 aliphatic heterocycles. The Balaban J connectivity index is 1.49. The van der Waals surface area contributed by atoms with Gasteiger partial charge in [0.25, 0.3) is 0 Å². The molecule has 0 aliphatic carbocycles. The van der Waals surface area contributed by atoms with Gasteiger partial charge in [0.05, 0.1) is 22.6 Å². The molecular formula is C42H39N3OS. The molecule has 0 atom stereocenters. The van der Waals surface area contributed by atoms with Crippen LogP contribution in [0.15, 0.2) is 131 Å². The summed E-state index contributed by atoms with van der Waals surface area (Å²) in [6.45, 7) is 13.1. The van der Waals surface area contributed by atoms with Crippen LogP contribution in [0.3, 0.4) is 0 Å². The third-order valence-electron chi connectivity index (χ3n) is 8.66. The number of pyridine rings is 2. The van der Waals surface area contributed by atoms with E-state index in [-0.39, 0.29) is 16.6 Å². The maximum absolute atomic E-state index is 12.0. The minimum absolute atomic E-state index is 0.117. The number of phenols is 1. The second-order valence-electron chi connectivity index (χ2n) is 14.2. The van der Waals surface area contributed by atoms with Crippen LogP contribution in [0.1, 0.15) is 52.7 Å². The van der Waals surface area contributed by atoms with Crippen molar-refractivity contribution in [2.45, 2.75) is 62.3 Å². The molecule has 0 unspecified atom stereocenters. The Hall–Kier alpha value is -4.87. The summed E-state index contributed by atoms with van der Waals surface area (Å²) in [5.74, 6) is 0.283. The lowest BCUT2D eigenvalue weighted by Crippen LogP contribution is -2.18. The SMILES string of the molecule is CC(C)(C)c1cc(-n2c3ccccc3c3ccc(-c4cc(-c5ccccc5)cc(Sc5ccccc5)n4)nc32)c(O)c(C(C)(C)C)c1. The average Bonchev–Trinajstić information content (AvgIpc) is 3.38. The molecule has 5 heteroatoms. The second-order valence-corrected chi connectivity index (χ2v) is 15.3. The molecule has 0 aliphatic rings. The molecule has 7 aromatic rings. The van der Waals surface area contributed by atoms with Crippen molar-refractivity contribution in [1.82, 2.24) is 14.5 Å². The number of rotatable bonds is 5. The molecule has 3 heterocycles. The van der Waals surface area contributed by atoms with E-state index in [2.05, 4.69) is 137 Å². The van der Waals surface area contributed by atoms with Gasteiger partial charge < -0.3 is 5.11 Å². The van der Waals surface area contributed by atoms with E-state index in [4.69, 9.17) is 9.97 Å². The van der Waals surface area contributed by atoms with E-state index in [0.717, 1.165) is 71.2 Å². The second kappa shape index (κ2) is 11.7. The van der Waals surface area contributed by atoms with Crippen molar-refractivity contribution >= 4 is 33.7 Å². The van der Waals surface area contributed by atoms with Crippen LogP contribution in [0.4, 0.5) is 0 Å². The van der Waals surface area contributed by atoms with E-state index in [1.165, 1.54) is 0 Å². The molecule has 0 bridgehead atoms. The highest BCUT2D eigenvalue weighted by atomic mass is 32.2. The maximum atomic E-state index is 12.0. The molecule has 0 spiro atoms. The Morgan fingerprint density at radius 2 is 1.28 bits per heavy atom. The van der Waals surface area contributed by atoms with E-state index in [1.807, 2.05) is 30.3 Å². The van der Waals surface area contributed by atoms with Gasteiger partial charge in [-0.25, -0.2) is 9.97 Å². The molecule has 0 radical (unpaired) electrons. The average molecular weight is 634 g/mol. The summed E-state index contributed by atoms with van der Waals surface area (Å²) in [5, 5.41) is 15.0. The van der Waals surface area contributed by atoms with Crippen LogP contribution in [-0.4, -0.2) is 19.6 Å². The highest BCUT2D eigenvalue weighted by molar-refractivity contribution is 7.99. The smallest absolute Gasteiger partial charge is 0.146 e. The summed E-state index contributed by atoms with van der Waals surface area (Å²) in [7, 11) is 0. The van der Waals surface area contributed by atoms with E-state index in [0.29, 0.717) is 0 Å². The minimum Gasteiger partial charge on any atom is -0.505 e. The lowest BCUT2D eigenvalue weighted by Gasteiger charge is -2.28. The standard InChI is InChI=1S/C42H39N3OS/c1-41(2,3)29-25-33(42(4,5)6)39(46)37(26-29)45-36-20-14-13-19-31(36)32-21-22-34(44-40(32)45)35-23-28(27-15-9-7-10-16-27)24-38(43-35)47-30-17-11-8-12-18-30/h7-26,46H,1-6H3. The molecule has 4 aromatic carbocycles. The van der Waals surface area contributed by atoms with Crippen molar-refractivity contribution < 1.29 is 5.11 Å². The van der Waals surface area contributed by atoms with Crippen molar-refractivity contribution in [3.8, 4) is 34.0 Å². The maximum Gasteiger partial charge on any atom is 0.146 e. The van der Waals surface area contributed by atoms with Crippen molar-refractivity contribution in [3.63, 3.8) is 0 Å². The number of aromatic nitrogens is 3. The number of benzene rings is 4. The topological polar surface area (TPSA) is 50.9 Å². The van der Waals surface area contributed by atoms with Crippen molar-refractivity contribution in [3.05, 3.63) is 132 Å². The highest BCUT2D eigenvalue weighted by Crippen LogP contribution is 2.43. The molecule has 234 valence electrons. The normalized spacial score (nSPS) is 12.2. The van der Waals surface area contributed by atoms with Gasteiger partial charge >= 0.3 is 0 Å². The van der Waals surface area contributed by atoms with Gasteiger partial charge in [0.2, 0.25) is 0 Å². The van der Waals surface area contributed by atoms with Crippen LogP contribution in [0.2, 0.25) is 0 Å². The molecule has 0 amide bonds. The number of aromatic hydroxyl groups is 1. The van der Waals surface area contributed by atoms with Gasteiger partial charge in [-0.05, 0) is 76.1 Å². The number of phenolic OH excluding ortho intramolecular Hbond substituents is 1. The first-order valence-electron chi connectivity index (χ1n) is 16.1. The lowest BCUT2D eigenvalue weighted by molar-refractivity contribution is 0.442. The van der Waals surface area contributed by atoms with E-state index in [1.54, 1.807) is 11.8 Å². The number of hydrogen-bond donors (Lipinski definition) is 1. The first kappa shape index (κ1) is 30.8. The summed E-state index contributed by atoms with van der Waals surface area (Å²) in [4.78, 5) is 11.6. The molecule has 3 aromatic heterocycles. The molecule has 1 N–H and O–H groups in total. The summed E-state index contributed by atoms with van der Waals surface area (Å²) in [6.07, 6.45) is 0. The molecule has 0 fully saturated rings. The van der Waals surface area contributed by atoms with Gasteiger partial charge in [0.1, 0.15) is 16.4 Å².